The van der Waals surface area contributed by atoms with Gasteiger partial charge >= 0.3 is 47.6 Å². The van der Waals surface area contributed by atoms with Gasteiger partial charge in [-0.3, -0.25) is 0 Å². The van der Waals surface area contributed by atoms with Gasteiger partial charge in [-0.15, -0.1) is 0 Å². The number of rotatable bonds is 11. The van der Waals surface area contributed by atoms with Crippen LogP contribution in [0.3, 0.4) is 0 Å². The summed E-state index contributed by atoms with van der Waals surface area (Å²) >= 11 is 0. The summed E-state index contributed by atoms with van der Waals surface area (Å²) < 4.78 is 226. The first kappa shape index (κ1) is 34.0. The van der Waals surface area contributed by atoms with Gasteiger partial charge in [0.15, 0.2) is 0 Å². The van der Waals surface area contributed by atoms with Gasteiger partial charge in [-0.1, -0.05) is 51.4 Å². The van der Waals surface area contributed by atoms with E-state index >= 15 is 0 Å². The van der Waals surface area contributed by atoms with Gasteiger partial charge in [-0.25, -0.2) is 0 Å². The normalized spacial score (nSPS) is 16.5. The Bertz CT molecular complexity index is 727. The molecule has 0 radical (unpaired) electrons. The van der Waals surface area contributed by atoms with Crippen molar-refractivity contribution in [3.8, 4) is 0 Å². The fraction of sp³-hybridized carbons (Fsp3) is 1.00. The molecule has 0 aliphatic rings. The Morgan fingerprint density at radius 1 is 0.457 bits per heavy atom. The molecule has 0 heterocycles. The van der Waals surface area contributed by atoms with Crippen molar-refractivity contribution >= 4 is 8.07 Å². The van der Waals surface area contributed by atoms with Crippen LogP contribution in [0.5, 0.6) is 0 Å². The van der Waals surface area contributed by atoms with Crippen LogP contribution < -0.4 is 0 Å². The quantitative estimate of drug-likeness (QED) is 0.170. The molecule has 35 heavy (non-hydrogen) atoms. The lowest BCUT2D eigenvalue weighted by molar-refractivity contribution is -0.461. The second-order valence-electron chi connectivity index (χ2n) is 8.96. The third-order valence-corrected chi connectivity index (χ3v) is 13.0. The Labute approximate surface area is 189 Å². The molecular weight excluding hydrogens is 555 g/mol. The summed E-state index contributed by atoms with van der Waals surface area (Å²) in [7, 11) is -3.05. The lowest BCUT2D eigenvalue weighted by Gasteiger charge is -2.43. The van der Waals surface area contributed by atoms with Crippen molar-refractivity contribution in [3.63, 3.8) is 0 Å². The summed E-state index contributed by atoms with van der Waals surface area (Å²) in [6.07, 6.45) is -10.1. The maximum Gasteiger partial charge on any atom is 0.460 e. The van der Waals surface area contributed by atoms with Gasteiger partial charge in [0.25, 0.3) is 0 Å². The van der Waals surface area contributed by atoms with Crippen LogP contribution in [-0.2, 0) is 0 Å². The molecule has 0 aliphatic heterocycles. The van der Waals surface area contributed by atoms with Crippen molar-refractivity contribution in [2.75, 3.05) is 0 Å². The molecule has 0 aromatic heterocycles. The maximum atomic E-state index is 14.1. The van der Waals surface area contributed by atoms with Crippen LogP contribution in [0.15, 0.2) is 0 Å². The van der Waals surface area contributed by atoms with Crippen molar-refractivity contribution < 1.29 is 74.6 Å². The minimum absolute atomic E-state index is 0.485. The second kappa shape index (κ2) is 9.10. The van der Waals surface area contributed by atoms with E-state index in [2.05, 4.69) is 0 Å². The molecule has 0 spiro atoms. The van der Waals surface area contributed by atoms with Crippen LogP contribution in [0.4, 0.5) is 74.6 Å². The van der Waals surface area contributed by atoms with Gasteiger partial charge in [0.05, 0.1) is 8.07 Å². The topological polar surface area (TPSA) is 0 Å². The molecule has 0 unspecified atom stereocenters. The highest BCUT2D eigenvalue weighted by Gasteiger charge is 2.95. The number of hydrogen-bond acceptors (Lipinski definition) is 0. The minimum atomic E-state index is -8.58. The molecule has 0 bridgehead atoms. The van der Waals surface area contributed by atoms with Crippen LogP contribution in [0.25, 0.3) is 0 Å². The monoisotopic (exact) mass is 576 g/mol. The smallest absolute Gasteiger partial charge is 0.200 e. The third kappa shape index (κ3) is 4.84. The molecule has 0 aromatic carbocycles. The largest absolute Gasteiger partial charge is 0.460 e. The van der Waals surface area contributed by atoms with Crippen LogP contribution in [0.2, 0.25) is 23.7 Å². The molecule has 0 saturated carbocycles. The van der Waals surface area contributed by atoms with Crippen LogP contribution in [-0.4, -0.2) is 55.7 Å². The van der Waals surface area contributed by atoms with E-state index in [1.165, 1.54) is 34.2 Å². The lowest BCUT2D eigenvalue weighted by atomic mass is 9.88. The van der Waals surface area contributed by atoms with Crippen molar-refractivity contribution in [3.05, 3.63) is 0 Å². The molecule has 0 atom stereocenters. The molecule has 0 rings (SSSR count). The maximum absolute atomic E-state index is 14.1. The van der Waals surface area contributed by atoms with Crippen LogP contribution in [0, 0.1) is 0 Å². The highest BCUT2D eigenvalue weighted by Crippen LogP contribution is 2.64. The van der Waals surface area contributed by atoms with Gasteiger partial charge in [0.1, 0.15) is 0 Å². The van der Waals surface area contributed by atoms with E-state index in [1.54, 1.807) is 0 Å². The standard InChI is InChI=1S/C17H21F17Si/c1-8(2)35(5,9(3)4)7-6-10(18,19)11(20,21)12(22,23)13(24,25)14(26,27)15(28,29)16(30,31)17(32,33)34/h8-9H,6-7H2,1-5H3. The Morgan fingerprint density at radius 3 is 0.971 bits per heavy atom. The number of alkyl halides is 17. The second-order valence-corrected chi connectivity index (χ2v) is 14.8. The predicted octanol–water partition coefficient (Wildman–Crippen LogP) is 9.28. The summed E-state index contributed by atoms with van der Waals surface area (Å²) in [5.41, 5.74) is -0.969. The molecule has 0 fully saturated rings. The molecular formula is C17H21F17Si. The zero-order valence-corrected chi connectivity index (χ0v) is 19.5. The molecule has 0 nitrogen and oxygen atoms in total. The SMILES string of the molecule is CC(C)[Si](C)(CCC(F)(F)C(F)(F)C(F)(F)C(F)(F)C(F)(F)C(F)(F)C(F)(F)C(F)(F)F)C(C)C. The number of halogens is 17. The summed E-state index contributed by atoms with van der Waals surface area (Å²) in [5, 5.41) is 0. The number of hydrogen-bond donors (Lipinski definition) is 0. The first-order valence-electron chi connectivity index (χ1n) is 9.56. The zero-order valence-electron chi connectivity index (χ0n) is 18.5. The summed E-state index contributed by atoms with van der Waals surface area (Å²) in [6.45, 7) is 7.10. The van der Waals surface area contributed by atoms with Crippen molar-refractivity contribution in [1.82, 2.24) is 0 Å². The molecule has 0 aromatic rings. The molecule has 0 N–H and O–H groups in total. The van der Waals surface area contributed by atoms with Crippen LogP contribution >= 0.6 is 0 Å². The van der Waals surface area contributed by atoms with E-state index < -0.39 is 79.3 Å². The lowest BCUT2D eigenvalue weighted by Crippen LogP contribution is -2.74. The highest BCUT2D eigenvalue weighted by atomic mass is 28.3. The Morgan fingerprint density at radius 2 is 0.714 bits per heavy atom. The Balaban J connectivity index is 6.59. The fourth-order valence-corrected chi connectivity index (χ4v) is 6.36. The summed E-state index contributed by atoms with van der Waals surface area (Å²) in [4.78, 5) is 0. The van der Waals surface area contributed by atoms with E-state index in [4.69, 9.17) is 0 Å². The van der Waals surface area contributed by atoms with E-state index in [0.717, 1.165) is 0 Å². The average Bonchev–Trinajstić information content (AvgIpc) is 2.63. The summed E-state index contributed by atoms with van der Waals surface area (Å²) in [6, 6.07) is -0.981. The van der Waals surface area contributed by atoms with E-state index in [1.807, 2.05) is 0 Å². The molecule has 212 valence electrons. The Kier molecular flexibility index (Phi) is 8.84. The van der Waals surface area contributed by atoms with E-state index in [0.29, 0.717) is 0 Å². The van der Waals surface area contributed by atoms with Gasteiger partial charge in [0, 0.05) is 6.42 Å². The minimum Gasteiger partial charge on any atom is -0.200 e. The molecule has 18 heteroatoms. The van der Waals surface area contributed by atoms with E-state index in [9.17, 15) is 74.6 Å². The Hall–Kier alpha value is -0.973. The molecule has 0 amide bonds. The van der Waals surface area contributed by atoms with Gasteiger partial charge in [0.2, 0.25) is 0 Å². The first-order valence-corrected chi connectivity index (χ1v) is 12.4. The highest BCUT2D eigenvalue weighted by molar-refractivity contribution is 6.81. The summed E-state index contributed by atoms with van der Waals surface area (Å²) in [5.74, 6) is -55.8. The van der Waals surface area contributed by atoms with Crippen molar-refractivity contribution in [1.29, 1.82) is 0 Å². The average molecular weight is 576 g/mol. The zero-order chi connectivity index (χ0) is 29.1. The predicted molar refractivity (Wildman–Crippen MR) is 91.9 cm³/mol. The van der Waals surface area contributed by atoms with Gasteiger partial charge in [-0.05, 0) is 0 Å². The van der Waals surface area contributed by atoms with E-state index in [-0.39, 0.29) is 0 Å². The van der Waals surface area contributed by atoms with Gasteiger partial charge in [-0.2, -0.15) is 74.6 Å². The van der Waals surface area contributed by atoms with Crippen molar-refractivity contribution in [2.45, 2.75) is 105 Å². The molecule has 0 saturated heterocycles. The molecule has 0 aliphatic carbocycles. The fourth-order valence-electron chi connectivity index (χ4n) is 3.02. The third-order valence-electron chi connectivity index (χ3n) is 6.40. The first-order chi connectivity index (χ1) is 14.8. The van der Waals surface area contributed by atoms with Crippen LogP contribution in [0.1, 0.15) is 34.1 Å². The van der Waals surface area contributed by atoms with Gasteiger partial charge < -0.3 is 0 Å². The van der Waals surface area contributed by atoms with Crippen molar-refractivity contribution in [2.24, 2.45) is 0 Å².